The van der Waals surface area contributed by atoms with Gasteiger partial charge >= 0.3 is 0 Å². The molecule has 1 aromatic rings. The van der Waals surface area contributed by atoms with E-state index in [0.29, 0.717) is 31.4 Å². The number of piperidine rings is 1. The van der Waals surface area contributed by atoms with Crippen LogP contribution in [-0.4, -0.2) is 60.8 Å². The van der Waals surface area contributed by atoms with Gasteiger partial charge in [-0.3, -0.25) is 9.69 Å². The number of aromatic nitrogens is 2. The number of amides is 1. The quantitative estimate of drug-likeness (QED) is 0.746. The molecule has 0 radical (unpaired) electrons. The van der Waals surface area contributed by atoms with Crippen LogP contribution in [0.15, 0.2) is 4.52 Å². The molecule has 1 amide bonds. The second-order valence-electron chi connectivity index (χ2n) is 5.45. The van der Waals surface area contributed by atoms with Crippen LogP contribution in [0.2, 0.25) is 0 Å². The first-order valence-corrected chi connectivity index (χ1v) is 7.47. The highest BCUT2D eigenvalue weighted by molar-refractivity contribution is 5.77. The molecule has 1 unspecified atom stereocenters. The van der Waals surface area contributed by atoms with Crippen molar-refractivity contribution < 1.29 is 14.1 Å². The summed E-state index contributed by atoms with van der Waals surface area (Å²) in [4.78, 5) is 18.3. The highest BCUT2D eigenvalue weighted by atomic mass is 16.5. The Morgan fingerprint density at radius 3 is 3.14 bits per heavy atom. The number of carbonyl (C=O) groups excluding carboxylic acids is 1. The van der Waals surface area contributed by atoms with Gasteiger partial charge in [-0.25, -0.2) is 0 Å². The molecule has 1 N–H and O–H groups in total. The Kier molecular flexibility index (Phi) is 6.13. The van der Waals surface area contributed by atoms with Crippen molar-refractivity contribution in [2.75, 3.05) is 39.9 Å². The lowest BCUT2D eigenvalue weighted by Crippen LogP contribution is -2.42. The molecule has 2 heterocycles. The molecule has 21 heavy (non-hydrogen) atoms. The molecule has 118 valence electrons. The van der Waals surface area contributed by atoms with E-state index in [-0.39, 0.29) is 11.8 Å². The lowest BCUT2D eigenvalue weighted by atomic mass is 9.98. The molecule has 1 fully saturated rings. The Morgan fingerprint density at radius 2 is 2.43 bits per heavy atom. The maximum atomic E-state index is 11.9. The summed E-state index contributed by atoms with van der Waals surface area (Å²) in [5.41, 5.74) is 0. The molecule has 0 saturated carbocycles. The number of likely N-dealkylation sites (tertiary alicyclic amines) is 1. The summed E-state index contributed by atoms with van der Waals surface area (Å²) in [7, 11) is 1.66. The number of hydrogen-bond donors (Lipinski definition) is 1. The highest BCUT2D eigenvalue weighted by Gasteiger charge is 2.26. The van der Waals surface area contributed by atoms with Crippen LogP contribution in [0.3, 0.4) is 0 Å². The van der Waals surface area contributed by atoms with E-state index < -0.39 is 0 Å². The van der Waals surface area contributed by atoms with Gasteiger partial charge in [-0.2, -0.15) is 4.98 Å². The molecule has 0 aromatic carbocycles. The third kappa shape index (κ3) is 5.09. The van der Waals surface area contributed by atoms with E-state index >= 15 is 0 Å². The van der Waals surface area contributed by atoms with Gasteiger partial charge < -0.3 is 14.6 Å². The second-order valence-corrected chi connectivity index (χ2v) is 5.45. The average Bonchev–Trinajstić information content (AvgIpc) is 2.91. The van der Waals surface area contributed by atoms with Crippen LogP contribution in [0.25, 0.3) is 0 Å². The topological polar surface area (TPSA) is 80.5 Å². The minimum Gasteiger partial charge on any atom is -0.385 e. The monoisotopic (exact) mass is 296 g/mol. The van der Waals surface area contributed by atoms with Gasteiger partial charge in [-0.15, -0.1) is 0 Å². The van der Waals surface area contributed by atoms with Gasteiger partial charge in [0, 0.05) is 26.8 Å². The molecule has 0 aliphatic carbocycles. The first kappa shape index (κ1) is 15.9. The molecule has 1 aliphatic rings. The van der Waals surface area contributed by atoms with Gasteiger partial charge in [-0.05, 0) is 32.7 Å². The molecule has 0 spiro atoms. The molecule has 1 saturated heterocycles. The van der Waals surface area contributed by atoms with Crippen molar-refractivity contribution in [2.45, 2.75) is 32.1 Å². The Balaban J connectivity index is 1.74. The minimum atomic E-state index is 0.0634. The fourth-order valence-corrected chi connectivity index (χ4v) is 2.58. The number of hydrogen-bond acceptors (Lipinski definition) is 6. The fraction of sp³-hybridized carbons (Fsp3) is 0.786. The van der Waals surface area contributed by atoms with E-state index in [1.54, 1.807) is 7.11 Å². The van der Waals surface area contributed by atoms with Crippen LogP contribution in [0.4, 0.5) is 0 Å². The first-order chi connectivity index (χ1) is 10.2. The molecule has 7 nitrogen and oxygen atoms in total. The molecular formula is C14H24N4O3. The maximum Gasteiger partial charge on any atom is 0.234 e. The fourth-order valence-electron chi connectivity index (χ4n) is 2.58. The number of ether oxygens (including phenoxy) is 1. The standard InChI is InChI=1S/C14H24N4O3/c1-11-16-14(21-17-11)12-5-3-7-18(9-12)10-13(19)15-6-4-8-20-2/h12H,3-10H2,1-2H3,(H,15,19). The van der Waals surface area contributed by atoms with Crippen LogP contribution in [0.1, 0.15) is 36.9 Å². The zero-order valence-electron chi connectivity index (χ0n) is 12.8. The molecule has 1 aliphatic heterocycles. The Labute approximate surface area is 125 Å². The zero-order chi connectivity index (χ0) is 15.1. The molecule has 0 bridgehead atoms. The SMILES string of the molecule is COCCCNC(=O)CN1CCCC(c2nc(C)no2)C1. The third-order valence-electron chi connectivity index (χ3n) is 3.61. The summed E-state index contributed by atoms with van der Waals surface area (Å²) in [5, 5.41) is 6.75. The van der Waals surface area contributed by atoms with Crippen molar-refractivity contribution in [1.29, 1.82) is 0 Å². The number of methoxy groups -OCH3 is 1. The summed E-state index contributed by atoms with van der Waals surface area (Å²) in [6, 6.07) is 0. The van der Waals surface area contributed by atoms with E-state index in [0.717, 1.165) is 32.4 Å². The van der Waals surface area contributed by atoms with Crippen molar-refractivity contribution in [3.8, 4) is 0 Å². The van der Waals surface area contributed by atoms with Crippen molar-refractivity contribution in [1.82, 2.24) is 20.4 Å². The largest absolute Gasteiger partial charge is 0.385 e. The van der Waals surface area contributed by atoms with Crippen LogP contribution in [-0.2, 0) is 9.53 Å². The van der Waals surface area contributed by atoms with Gasteiger partial charge in [0.15, 0.2) is 5.82 Å². The van der Waals surface area contributed by atoms with Crippen LogP contribution in [0.5, 0.6) is 0 Å². The van der Waals surface area contributed by atoms with E-state index in [9.17, 15) is 4.79 Å². The first-order valence-electron chi connectivity index (χ1n) is 7.47. The molecule has 1 atom stereocenters. The van der Waals surface area contributed by atoms with Crippen LogP contribution < -0.4 is 5.32 Å². The summed E-state index contributed by atoms with van der Waals surface area (Å²) in [6.45, 7) is 5.31. The predicted octanol–water partition coefficient (Wildman–Crippen LogP) is 0.710. The molecule has 1 aromatic heterocycles. The summed E-state index contributed by atoms with van der Waals surface area (Å²) in [6.07, 6.45) is 2.92. The van der Waals surface area contributed by atoms with Crippen LogP contribution >= 0.6 is 0 Å². The Hall–Kier alpha value is -1.47. The van der Waals surface area contributed by atoms with E-state index in [2.05, 4.69) is 20.4 Å². The average molecular weight is 296 g/mol. The zero-order valence-corrected chi connectivity index (χ0v) is 12.8. The van der Waals surface area contributed by atoms with Gasteiger partial charge in [0.05, 0.1) is 12.5 Å². The number of nitrogens with zero attached hydrogens (tertiary/aromatic N) is 3. The van der Waals surface area contributed by atoms with E-state index in [1.165, 1.54) is 0 Å². The van der Waals surface area contributed by atoms with Crippen molar-refractivity contribution >= 4 is 5.91 Å². The van der Waals surface area contributed by atoms with Crippen LogP contribution in [0, 0.1) is 6.92 Å². The number of aryl methyl sites for hydroxylation is 1. The number of nitrogens with one attached hydrogen (secondary N) is 1. The lowest BCUT2D eigenvalue weighted by Gasteiger charge is -2.30. The summed E-state index contributed by atoms with van der Waals surface area (Å²) in [5.74, 6) is 1.66. The summed E-state index contributed by atoms with van der Waals surface area (Å²) < 4.78 is 10.2. The van der Waals surface area contributed by atoms with Gasteiger partial charge in [-0.1, -0.05) is 5.16 Å². The normalized spacial score (nSPS) is 19.6. The van der Waals surface area contributed by atoms with E-state index in [4.69, 9.17) is 9.26 Å². The second kappa shape index (κ2) is 8.09. The van der Waals surface area contributed by atoms with E-state index in [1.807, 2.05) is 6.92 Å². The minimum absolute atomic E-state index is 0.0634. The maximum absolute atomic E-state index is 11.9. The predicted molar refractivity (Wildman–Crippen MR) is 77.0 cm³/mol. The van der Waals surface area contributed by atoms with Crippen molar-refractivity contribution in [3.05, 3.63) is 11.7 Å². The molecular weight excluding hydrogens is 272 g/mol. The van der Waals surface area contributed by atoms with Crippen molar-refractivity contribution in [3.63, 3.8) is 0 Å². The number of rotatable bonds is 7. The highest BCUT2D eigenvalue weighted by Crippen LogP contribution is 2.25. The smallest absolute Gasteiger partial charge is 0.234 e. The lowest BCUT2D eigenvalue weighted by molar-refractivity contribution is -0.122. The number of carbonyl (C=O) groups is 1. The van der Waals surface area contributed by atoms with Crippen molar-refractivity contribution in [2.24, 2.45) is 0 Å². The summed E-state index contributed by atoms with van der Waals surface area (Å²) >= 11 is 0. The van der Waals surface area contributed by atoms with Gasteiger partial charge in [0.2, 0.25) is 11.8 Å². The molecule has 2 rings (SSSR count). The third-order valence-corrected chi connectivity index (χ3v) is 3.61. The Morgan fingerprint density at radius 1 is 1.57 bits per heavy atom. The van der Waals surface area contributed by atoms with Gasteiger partial charge in [0.1, 0.15) is 0 Å². The Bertz CT molecular complexity index is 449. The van der Waals surface area contributed by atoms with Gasteiger partial charge in [0.25, 0.3) is 0 Å². The molecule has 7 heteroatoms.